The molecule has 0 aliphatic heterocycles. The molecule has 0 saturated carbocycles. The number of carbonyl (C=O) groups is 1. The molecule has 0 atom stereocenters. The zero-order valence-electron chi connectivity index (χ0n) is 5.75. The van der Waals surface area contributed by atoms with Crippen LogP contribution >= 0.6 is 0 Å². The molecular weight excluding hydrogens is 134 g/mol. The molecule has 10 heavy (non-hydrogen) atoms. The second-order valence-corrected chi connectivity index (χ2v) is 1.75. The summed E-state index contributed by atoms with van der Waals surface area (Å²) in [7, 11) is 1.30. The normalized spacial score (nSPS) is 9.40. The maximum Gasteiger partial charge on any atom is 0.360 e. The van der Waals surface area contributed by atoms with E-state index in [2.05, 4.69) is 9.72 Å². The van der Waals surface area contributed by atoms with Crippen LogP contribution < -0.4 is 0 Å². The average molecular weight is 141 g/mol. The van der Waals surface area contributed by atoms with Gasteiger partial charge >= 0.3 is 5.97 Å². The van der Waals surface area contributed by atoms with Crippen LogP contribution in [-0.2, 0) is 4.74 Å². The Morgan fingerprint density at radius 1 is 1.80 bits per heavy atom. The first kappa shape index (κ1) is 6.80. The zero-order chi connectivity index (χ0) is 7.56. The standard InChI is InChI=1S/C6H7NO3/c1-4-5(6(8)9-2)7-3-10-4/h3H,1-2H3. The Hall–Kier alpha value is -1.32. The minimum atomic E-state index is -0.466. The largest absolute Gasteiger partial charge is 0.464 e. The Morgan fingerprint density at radius 2 is 2.50 bits per heavy atom. The van der Waals surface area contributed by atoms with Crippen molar-refractivity contribution in [1.29, 1.82) is 0 Å². The van der Waals surface area contributed by atoms with E-state index in [-0.39, 0.29) is 5.69 Å². The predicted octanol–water partition coefficient (Wildman–Crippen LogP) is 0.770. The molecule has 0 bridgehead atoms. The van der Waals surface area contributed by atoms with Gasteiger partial charge in [-0.15, -0.1) is 0 Å². The van der Waals surface area contributed by atoms with Gasteiger partial charge in [0.15, 0.2) is 12.1 Å². The molecule has 1 aromatic rings. The van der Waals surface area contributed by atoms with Crippen LogP contribution in [-0.4, -0.2) is 18.1 Å². The summed E-state index contributed by atoms with van der Waals surface area (Å²) in [5, 5.41) is 0. The first-order valence-electron chi connectivity index (χ1n) is 2.74. The lowest BCUT2D eigenvalue weighted by molar-refractivity contribution is 0.0593. The lowest BCUT2D eigenvalue weighted by atomic mass is 10.4. The molecule has 0 aliphatic carbocycles. The third-order valence-corrected chi connectivity index (χ3v) is 1.12. The van der Waals surface area contributed by atoms with E-state index in [1.54, 1.807) is 6.92 Å². The Labute approximate surface area is 57.8 Å². The van der Waals surface area contributed by atoms with E-state index in [0.29, 0.717) is 5.76 Å². The lowest BCUT2D eigenvalue weighted by Crippen LogP contribution is -2.02. The van der Waals surface area contributed by atoms with Crippen molar-refractivity contribution in [2.75, 3.05) is 7.11 Å². The number of rotatable bonds is 1. The highest BCUT2D eigenvalue weighted by Gasteiger charge is 2.12. The van der Waals surface area contributed by atoms with E-state index >= 15 is 0 Å². The average Bonchev–Trinajstić information content (AvgIpc) is 2.34. The van der Waals surface area contributed by atoms with E-state index in [9.17, 15) is 4.79 Å². The van der Waals surface area contributed by atoms with Gasteiger partial charge in [-0.2, -0.15) is 0 Å². The smallest absolute Gasteiger partial charge is 0.360 e. The number of oxazole rings is 1. The van der Waals surface area contributed by atoms with Crippen LogP contribution in [0.1, 0.15) is 16.2 Å². The van der Waals surface area contributed by atoms with Crippen molar-refractivity contribution in [1.82, 2.24) is 4.98 Å². The van der Waals surface area contributed by atoms with E-state index < -0.39 is 5.97 Å². The fourth-order valence-electron chi connectivity index (χ4n) is 0.598. The Bertz CT molecular complexity index is 241. The summed E-state index contributed by atoms with van der Waals surface area (Å²) < 4.78 is 9.19. The number of carbonyl (C=O) groups excluding carboxylic acids is 1. The molecule has 0 N–H and O–H groups in total. The molecule has 0 fully saturated rings. The van der Waals surface area contributed by atoms with Crippen molar-refractivity contribution in [3.05, 3.63) is 17.8 Å². The molecule has 0 unspecified atom stereocenters. The van der Waals surface area contributed by atoms with Gasteiger partial charge in [0.25, 0.3) is 0 Å². The molecule has 54 valence electrons. The van der Waals surface area contributed by atoms with Gasteiger partial charge in [0.05, 0.1) is 7.11 Å². The topological polar surface area (TPSA) is 52.3 Å². The molecular formula is C6H7NO3. The van der Waals surface area contributed by atoms with Crippen LogP contribution in [0.25, 0.3) is 0 Å². The maximum absolute atomic E-state index is 10.8. The molecule has 4 nitrogen and oxygen atoms in total. The van der Waals surface area contributed by atoms with E-state index in [1.807, 2.05) is 0 Å². The second kappa shape index (κ2) is 2.51. The van der Waals surface area contributed by atoms with Crippen molar-refractivity contribution in [3.8, 4) is 0 Å². The summed E-state index contributed by atoms with van der Waals surface area (Å²) in [6, 6.07) is 0. The van der Waals surface area contributed by atoms with E-state index in [1.165, 1.54) is 13.5 Å². The summed E-state index contributed by atoms with van der Waals surface area (Å²) in [6.45, 7) is 1.65. The molecule has 1 rings (SSSR count). The van der Waals surface area contributed by atoms with Crippen molar-refractivity contribution in [2.45, 2.75) is 6.92 Å². The Morgan fingerprint density at radius 3 is 2.90 bits per heavy atom. The van der Waals surface area contributed by atoms with Gasteiger partial charge in [-0.25, -0.2) is 9.78 Å². The number of nitrogens with zero attached hydrogens (tertiary/aromatic N) is 1. The summed E-state index contributed by atoms with van der Waals surface area (Å²) in [5.41, 5.74) is 0.238. The minimum Gasteiger partial charge on any atom is -0.464 e. The molecule has 0 amide bonds. The molecule has 0 radical (unpaired) electrons. The summed E-state index contributed by atoms with van der Waals surface area (Å²) in [4.78, 5) is 14.4. The zero-order valence-corrected chi connectivity index (χ0v) is 5.75. The van der Waals surface area contributed by atoms with Crippen molar-refractivity contribution >= 4 is 5.97 Å². The molecule has 1 heterocycles. The van der Waals surface area contributed by atoms with Crippen molar-refractivity contribution in [2.24, 2.45) is 0 Å². The second-order valence-electron chi connectivity index (χ2n) is 1.75. The number of esters is 1. The summed E-state index contributed by atoms with van der Waals surface area (Å²) >= 11 is 0. The number of hydrogen-bond donors (Lipinski definition) is 0. The number of aromatic nitrogens is 1. The highest BCUT2D eigenvalue weighted by molar-refractivity contribution is 5.87. The third kappa shape index (κ3) is 1.00. The molecule has 0 aliphatic rings. The highest BCUT2D eigenvalue weighted by atomic mass is 16.5. The monoisotopic (exact) mass is 141 g/mol. The van der Waals surface area contributed by atoms with Crippen LogP contribution in [0.3, 0.4) is 0 Å². The predicted molar refractivity (Wildman–Crippen MR) is 32.6 cm³/mol. The number of methoxy groups -OCH3 is 1. The molecule has 0 saturated heterocycles. The first-order chi connectivity index (χ1) is 4.75. The van der Waals surface area contributed by atoms with Crippen LogP contribution in [0.5, 0.6) is 0 Å². The molecule has 4 heteroatoms. The van der Waals surface area contributed by atoms with Gasteiger partial charge in [0, 0.05) is 0 Å². The van der Waals surface area contributed by atoms with Gasteiger partial charge < -0.3 is 9.15 Å². The van der Waals surface area contributed by atoms with Gasteiger partial charge in [-0.1, -0.05) is 0 Å². The van der Waals surface area contributed by atoms with Crippen molar-refractivity contribution < 1.29 is 13.9 Å². The maximum atomic E-state index is 10.8. The first-order valence-corrected chi connectivity index (χ1v) is 2.74. The summed E-state index contributed by atoms with van der Waals surface area (Å²) in [5.74, 6) is 0.0121. The quantitative estimate of drug-likeness (QED) is 0.542. The van der Waals surface area contributed by atoms with Crippen LogP contribution in [0, 0.1) is 6.92 Å². The van der Waals surface area contributed by atoms with E-state index in [4.69, 9.17) is 4.42 Å². The van der Waals surface area contributed by atoms with Crippen LogP contribution in [0.4, 0.5) is 0 Å². The minimum absolute atomic E-state index is 0.238. The SMILES string of the molecule is COC(=O)c1ncoc1C. The Kier molecular flexibility index (Phi) is 1.71. The molecule has 1 aromatic heterocycles. The van der Waals surface area contributed by atoms with Crippen LogP contribution in [0.15, 0.2) is 10.8 Å². The number of ether oxygens (including phenoxy) is 1. The highest BCUT2D eigenvalue weighted by Crippen LogP contribution is 2.04. The van der Waals surface area contributed by atoms with Gasteiger partial charge in [0.2, 0.25) is 0 Å². The number of hydrogen-bond acceptors (Lipinski definition) is 4. The van der Waals surface area contributed by atoms with Gasteiger partial charge in [-0.3, -0.25) is 0 Å². The van der Waals surface area contributed by atoms with Gasteiger partial charge in [0.1, 0.15) is 5.76 Å². The fraction of sp³-hybridized carbons (Fsp3) is 0.333. The summed E-state index contributed by atoms with van der Waals surface area (Å²) in [6.07, 6.45) is 1.21. The molecule has 0 aromatic carbocycles. The van der Waals surface area contributed by atoms with Crippen LogP contribution in [0.2, 0.25) is 0 Å². The molecule has 0 spiro atoms. The number of aryl methyl sites for hydroxylation is 1. The van der Waals surface area contributed by atoms with E-state index in [0.717, 1.165) is 0 Å². The lowest BCUT2D eigenvalue weighted by Gasteiger charge is -1.91. The van der Waals surface area contributed by atoms with Gasteiger partial charge in [-0.05, 0) is 6.92 Å². The third-order valence-electron chi connectivity index (χ3n) is 1.12. The Balaban J connectivity index is 2.93. The van der Waals surface area contributed by atoms with Crippen molar-refractivity contribution in [3.63, 3.8) is 0 Å². The fourth-order valence-corrected chi connectivity index (χ4v) is 0.598.